The first-order valence-corrected chi connectivity index (χ1v) is 7.23. The molecule has 2 aromatic carbocycles. The molecule has 5 N–H and O–H groups in total. The number of amidine groups is 1. The summed E-state index contributed by atoms with van der Waals surface area (Å²) in [5, 5.41) is 20.1. The van der Waals surface area contributed by atoms with E-state index >= 15 is 0 Å². The summed E-state index contributed by atoms with van der Waals surface area (Å²) in [6.07, 6.45) is 0. The van der Waals surface area contributed by atoms with Crippen LogP contribution < -0.4 is 11.2 Å². The van der Waals surface area contributed by atoms with E-state index in [9.17, 15) is 0 Å². The van der Waals surface area contributed by atoms with E-state index in [4.69, 9.17) is 16.4 Å². The number of nitrogens with two attached hydrogens (primary N) is 1. The van der Waals surface area contributed by atoms with Crippen LogP contribution in [-0.4, -0.2) is 21.5 Å². The van der Waals surface area contributed by atoms with E-state index in [1.54, 1.807) is 6.07 Å². The number of aromatic amines is 1. The minimum atomic E-state index is -0.379. The molecule has 0 saturated carbocycles. The van der Waals surface area contributed by atoms with Gasteiger partial charge in [-0.1, -0.05) is 24.3 Å². The van der Waals surface area contributed by atoms with Gasteiger partial charge in [-0.05, 0) is 30.7 Å². The Morgan fingerprint density at radius 1 is 1.29 bits per heavy atom. The number of fused-ring (bicyclic) bond motifs is 1. The Labute approximate surface area is 138 Å². The van der Waals surface area contributed by atoms with E-state index in [0.717, 1.165) is 28.0 Å². The average Bonchev–Trinajstić information content (AvgIpc) is 3.00. The molecule has 0 unspecified atom stereocenters. The Morgan fingerprint density at radius 3 is 2.79 bits per heavy atom. The molecule has 7 heteroatoms. The lowest BCUT2D eigenvalue weighted by atomic mass is 10.1. The molecular formula is C17H15N7. The largest absolute Gasteiger partial charge is 0.382 e. The van der Waals surface area contributed by atoms with Gasteiger partial charge in [-0.2, -0.15) is 10.4 Å². The molecule has 0 spiro atoms. The second-order valence-corrected chi connectivity index (χ2v) is 5.18. The number of rotatable bonds is 4. The maximum absolute atomic E-state index is 8.90. The Balaban J connectivity index is 1.99. The number of aromatic nitrogens is 2. The Hall–Kier alpha value is -3.66. The third kappa shape index (κ3) is 2.80. The predicted molar refractivity (Wildman–Crippen MR) is 94.9 cm³/mol. The molecule has 0 radical (unpaired) electrons. The van der Waals surface area contributed by atoms with Crippen molar-refractivity contribution in [3.8, 4) is 17.5 Å². The van der Waals surface area contributed by atoms with Crippen molar-refractivity contribution in [1.82, 2.24) is 9.97 Å². The highest BCUT2D eigenvalue weighted by Crippen LogP contribution is 2.28. The summed E-state index contributed by atoms with van der Waals surface area (Å²) >= 11 is 0. The standard InChI is InChI=1S/C17H15N7/c1-10-11(17-21-13-6-2-3-7-14(13)22-17)5-4-8-12(10)23-24-15(9-18)16(19)20/h2-8,23H,1H3,(H3,19,20)(H,21,22)/b24-15+. The van der Waals surface area contributed by atoms with Crippen LogP contribution in [0.25, 0.3) is 22.4 Å². The molecule has 1 aromatic heterocycles. The van der Waals surface area contributed by atoms with E-state index in [-0.39, 0.29) is 11.5 Å². The lowest BCUT2D eigenvalue weighted by Crippen LogP contribution is -2.21. The first-order valence-electron chi connectivity index (χ1n) is 7.23. The van der Waals surface area contributed by atoms with Crippen LogP contribution in [-0.2, 0) is 0 Å². The number of imidazole rings is 1. The fourth-order valence-corrected chi connectivity index (χ4v) is 2.36. The van der Waals surface area contributed by atoms with Gasteiger partial charge in [0.2, 0.25) is 5.71 Å². The Bertz CT molecular complexity index is 959. The van der Waals surface area contributed by atoms with Gasteiger partial charge in [-0.15, -0.1) is 0 Å². The SMILES string of the molecule is Cc1c(N/N=C(\C#N)C(=N)N)cccc1-c1nc2ccccc2[nH]1. The van der Waals surface area contributed by atoms with Gasteiger partial charge in [0.25, 0.3) is 0 Å². The van der Waals surface area contributed by atoms with Crippen LogP contribution in [0.3, 0.4) is 0 Å². The molecule has 0 atom stereocenters. The molecule has 0 aliphatic carbocycles. The number of para-hydroxylation sites is 2. The molecule has 24 heavy (non-hydrogen) atoms. The molecular weight excluding hydrogens is 302 g/mol. The fourth-order valence-electron chi connectivity index (χ4n) is 2.36. The number of hydrazone groups is 1. The topological polar surface area (TPSA) is 127 Å². The summed E-state index contributed by atoms with van der Waals surface area (Å²) in [6, 6.07) is 15.2. The highest BCUT2D eigenvalue weighted by molar-refractivity contribution is 6.45. The van der Waals surface area contributed by atoms with E-state index in [0.29, 0.717) is 5.69 Å². The van der Waals surface area contributed by atoms with Crippen molar-refractivity contribution in [3.05, 3.63) is 48.0 Å². The number of H-pyrrole nitrogens is 1. The predicted octanol–water partition coefficient (Wildman–Crippen LogP) is 2.77. The smallest absolute Gasteiger partial charge is 0.201 e. The van der Waals surface area contributed by atoms with Crippen molar-refractivity contribution >= 4 is 28.3 Å². The molecule has 0 aliphatic heterocycles. The van der Waals surface area contributed by atoms with Crippen molar-refractivity contribution in [2.75, 3.05) is 5.43 Å². The van der Waals surface area contributed by atoms with Gasteiger partial charge in [-0.25, -0.2) is 4.98 Å². The van der Waals surface area contributed by atoms with E-state index < -0.39 is 0 Å². The van der Waals surface area contributed by atoms with Crippen LogP contribution >= 0.6 is 0 Å². The van der Waals surface area contributed by atoms with Crippen molar-refractivity contribution in [3.63, 3.8) is 0 Å². The quantitative estimate of drug-likeness (QED) is 0.335. The van der Waals surface area contributed by atoms with Crippen LogP contribution in [0.15, 0.2) is 47.6 Å². The summed E-state index contributed by atoms with van der Waals surface area (Å²) in [5.74, 6) is 0.379. The number of nitrogens with one attached hydrogen (secondary N) is 3. The summed E-state index contributed by atoms with van der Waals surface area (Å²) in [7, 11) is 0. The maximum Gasteiger partial charge on any atom is 0.201 e. The maximum atomic E-state index is 8.90. The first kappa shape index (κ1) is 15.2. The number of nitriles is 1. The van der Waals surface area contributed by atoms with Crippen LogP contribution in [0.1, 0.15) is 5.56 Å². The van der Waals surface area contributed by atoms with Gasteiger partial charge in [0.05, 0.1) is 16.7 Å². The van der Waals surface area contributed by atoms with E-state index in [1.807, 2.05) is 49.4 Å². The lowest BCUT2D eigenvalue weighted by molar-refractivity contribution is 1.27. The summed E-state index contributed by atoms with van der Waals surface area (Å²) < 4.78 is 0. The number of hydrogen-bond donors (Lipinski definition) is 4. The van der Waals surface area contributed by atoms with E-state index in [2.05, 4.69) is 20.5 Å². The number of hydrogen-bond acceptors (Lipinski definition) is 5. The molecule has 0 fully saturated rings. The Morgan fingerprint density at radius 2 is 2.08 bits per heavy atom. The van der Waals surface area contributed by atoms with Crippen molar-refractivity contribution < 1.29 is 0 Å². The van der Waals surface area contributed by atoms with Crippen LogP contribution in [0.4, 0.5) is 5.69 Å². The highest BCUT2D eigenvalue weighted by Gasteiger charge is 2.10. The van der Waals surface area contributed by atoms with Crippen LogP contribution in [0.5, 0.6) is 0 Å². The molecule has 0 saturated heterocycles. The molecule has 0 aliphatic rings. The molecule has 7 nitrogen and oxygen atoms in total. The van der Waals surface area contributed by atoms with Gasteiger partial charge >= 0.3 is 0 Å². The average molecular weight is 317 g/mol. The minimum absolute atomic E-state index is 0.163. The zero-order valence-electron chi connectivity index (χ0n) is 13.0. The highest BCUT2D eigenvalue weighted by atomic mass is 15.3. The third-order valence-electron chi connectivity index (χ3n) is 3.63. The van der Waals surface area contributed by atoms with Gasteiger partial charge in [0.15, 0.2) is 5.84 Å². The van der Waals surface area contributed by atoms with Crippen molar-refractivity contribution in [1.29, 1.82) is 10.7 Å². The molecule has 0 amide bonds. The molecule has 0 bridgehead atoms. The van der Waals surface area contributed by atoms with Crippen molar-refractivity contribution in [2.45, 2.75) is 6.92 Å². The summed E-state index contributed by atoms with van der Waals surface area (Å²) in [5.41, 5.74) is 12.3. The minimum Gasteiger partial charge on any atom is -0.382 e. The lowest BCUT2D eigenvalue weighted by Gasteiger charge is -2.09. The molecule has 3 rings (SSSR count). The molecule has 118 valence electrons. The normalized spacial score (nSPS) is 11.2. The van der Waals surface area contributed by atoms with Gasteiger partial charge in [0, 0.05) is 5.56 Å². The number of benzene rings is 2. The second-order valence-electron chi connectivity index (χ2n) is 5.18. The molecule has 3 aromatic rings. The van der Waals surface area contributed by atoms with Crippen LogP contribution in [0, 0.1) is 23.7 Å². The second kappa shape index (κ2) is 6.22. The Kier molecular flexibility index (Phi) is 3.95. The zero-order chi connectivity index (χ0) is 17.1. The van der Waals surface area contributed by atoms with Crippen LogP contribution in [0.2, 0.25) is 0 Å². The number of anilines is 1. The van der Waals surface area contributed by atoms with E-state index in [1.165, 1.54) is 0 Å². The zero-order valence-corrected chi connectivity index (χ0v) is 13.0. The third-order valence-corrected chi connectivity index (χ3v) is 3.63. The van der Waals surface area contributed by atoms with Gasteiger partial charge < -0.3 is 10.7 Å². The summed E-state index contributed by atoms with van der Waals surface area (Å²) in [6.45, 7) is 1.93. The number of nitrogens with zero attached hydrogens (tertiary/aromatic N) is 3. The summed E-state index contributed by atoms with van der Waals surface area (Å²) in [4.78, 5) is 7.89. The van der Waals surface area contributed by atoms with Crippen molar-refractivity contribution in [2.24, 2.45) is 10.8 Å². The van der Waals surface area contributed by atoms with Gasteiger partial charge in [-0.3, -0.25) is 10.8 Å². The van der Waals surface area contributed by atoms with Gasteiger partial charge in [0.1, 0.15) is 11.9 Å². The monoisotopic (exact) mass is 317 g/mol. The fraction of sp³-hybridized carbons (Fsp3) is 0.0588. The molecule has 1 heterocycles. The first-order chi connectivity index (χ1) is 11.6.